The molecule has 1 aliphatic heterocycles. The zero-order valence-electron chi connectivity index (χ0n) is 16.9. The summed E-state index contributed by atoms with van der Waals surface area (Å²) in [5.74, 6) is 0.737. The number of nitrogens with zero attached hydrogens (tertiary/aromatic N) is 2. The van der Waals surface area contributed by atoms with Gasteiger partial charge in [-0.3, -0.25) is 4.79 Å². The van der Waals surface area contributed by atoms with Crippen LogP contribution in [-0.2, 0) is 17.8 Å². The van der Waals surface area contributed by atoms with Gasteiger partial charge in [0.2, 0.25) is 0 Å². The average Bonchev–Trinajstić information content (AvgIpc) is 3.37. The number of anilines is 1. The molecular weight excluding hydrogens is 384 g/mol. The van der Waals surface area contributed by atoms with Gasteiger partial charge in [-0.25, -0.2) is 4.98 Å². The second-order valence-electron chi connectivity index (χ2n) is 6.97. The van der Waals surface area contributed by atoms with Crippen LogP contribution in [0.25, 0.3) is 11.3 Å². The van der Waals surface area contributed by atoms with Crippen LogP contribution in [0.4, 0.5) is 5.69 Å². The maximum Gasteiger partial charge on any atom is 0.258 e. The van der Waals surface area contributed by atoms with Gasteiger partial charge in [0.25, 0.3) is 5.91 Å². The summed E-state index contributed by atoms with van der Waals surface area (Å²) in [6, 6.07) is 11.8. The fourth-order valence-corrected chi connectivity index (χ4v) is 4.28. The van der Waals surface area contributed by atoms with Crippen molar-refractivity contribution in [3.63, 3.8) is 0 Å². The second kappa shape index (κ2) is 8.35. The Morgan fingerprint density at radius 1 is 1.24 bits per heavy atom. The molecule has 1 aromatic heterocycles. The van der Waals surface area contributed by atoms with E-state index in [1.54, 1.807) is 18.4 Å². The van der Waals surface area contributed by atoms with Gasteiger partial charge in [0, 0.05) is 40.9 Å². The highest BCUT2D eigenvalue weighted by Gasteiger charge is 2.26. The van der Waals surface area contributed by atoms with Crippen LogP contribution in [0.1, 0.15) is 33.4 Å². The molecular formula is C23H24N2O3S. The molecule has 5 nitrogen and oxygen atoms in total. The number of methoxy groups -OCH3 is 1. The largest absolute Gasteiger partial charge is 0.496 e. The minimum absolute atomic E-state index is 0.00130. The first-order valence-electron chi connectivity index (χ1n) is 9.72. The second-order valence-corrected chi connectivity index (χ2v) is 8.03. The maximum absolute atomic E-state index is 13.2. The minimum Gasteiger partial charge on any atom is -0.496 e. The van der Waals surface area contributed by atoms with Crippen LogP contribution in [0.2, 0.25) is 0 Å². The Balaban J connectivity index is 1.60. The van der Waals surface area contributed by atoms with Crippen molar-refractivity contribution < 1.29 is 14.3 Å². The average molecular weight is 409 g/mol. The predicted octanol–water partition coefficient (Wildman–Crippen LogP) is 4.87. The highest BCUT2D eigenvalue weighted by Crippen LogP contribution is 2.34. The third kappa shape index (κ3) is 3.91. The zero-order valence-corrected chi connectivity index (χ0v) is 17.7. The van der Waals surface area contributed by atoms with Crippen molar-refractivity contribution in [1.29, 1.82) is 0 Å². The molecule has 0 saturated carbocycles. The van der Waals surface area contributed by atoms with E-state index < -0.39 is 0 Å². The fourth-order valence-electron chi connectivity index (χ4n) is 3.66. The molecule has 150 valence electrons. The fraction of sp³-hybridized carbons (Fsp3) is 0.304. The van der Waals surface area contributed by atoms with Crippen molar-refractivity contribution in [2.45, 2.75) is 26.9 Å². The Morgan fingerprint density at radius 3 is 2.83 bits per heavy atom. The number of hydrogen-bond acceptors (Lipinski definition) is 5. The van der Waals surface area contributed by atoms with Crippen LogP contribution in [0.15, 0.2) is 41.8 Å². The summed E-state index contributed by atoms with van der Waals surface area (Å²) in [7, 11) is 1.63. The molecule has 0 spiro atoms. The van der Waals surface area contributed by atoms with E-state index >= 15 is 0 Å². The van der Waals surface area contributed by atoms with Gasteiger partial charge in [-0.05, 0) is 56.2 Å². The number of ether oxygens (including phenoxy) is 2. The van der Waals surface area contributed by atoms with Crippen molar-refractivity contribution in [3.05, 3.63) is 63.5 Å². The van der Waals surface area contributed by atoms with Crippen LogP contribution in [0.3, 0.4) is 0 Å². The minimum atomic E-state index is 0.00130. The third-order valence-corrected chi connectivity index (χ3v) is 5.90. The lowest BCUT2D eigenvalue weighted by Gasteiger charge is -2.19. The summed E-state index contributed by atoms with van der Waals surface area (Å²) in [5.41, 5.74) is 5.79. The molecule has 4 rings (SSSR count). The van der Waals surface area contributed by atoms with E-state index in [2.05, 4.69) is 16.4 Å². The number of thiazole rings is 1. The maximum atomic E-state index is 13.2. The number of aromatic nitrogens is 1. The van der Waals surface area contributed by atoms with Crippen LogP contribution in [0, 0.1) is 6.92 Å². The van der Waals surface area contributed by atoms with Crippen LogP contribution in [0.5, 0.6) is 5.75 Å². The van der Waals surface area contributed by atoms with Crippen molar-refractivity contribution in [1.82, 2.24) is 4.98 Å². The lowest BCUT2D eigenvalue weighted by atomic mass is 10.1. The summed E-state index contributed by atoms with van der Waals surface area (Å²) < 4.78 is 10.9. The Kier molecular flexibility index (Phi) is 5.65. The molecule has 6 heteroatoms. The summed E-state index contributed by atoms with van der Waals surface area (Å²) in [6.07, 6.45) is 0.847. The predicted molar refractivity (Wildman–Crippen MR) is 116 cm³/mol. The van der Waals surface area contributed by atoms with Gasteiger partial charge in [0.05, 0.1) is 24.4 Å². The summed E-state index contributed by atoms with van der Waals surface area (Å²) in [4.78, 5) is 19.7. The molecule has 2 heterocycles. The number of carbonyl (C=O) groups is 1. The van der Waals surface area contributed by atoms with Crippen LogP contribution >= 0.6 is 11.3 Å². The first-order chi connectivity index (χ1) is 14.1. The van der Waals surface area contributed by atoms with Crippen molar-refractivity contribution >= 4 is 22.9 Å². The monoisotopic (exact) mass is 408 g/mol. The Bertz CT molecular complexity index is 1040. The van der Waals surface area contributed by atoms with Gasteiger partial charge in [-0.15, -0.1) is 11.3 Å². The van der Waals surface area contributed by atoms with Crippen molar-refractivity contribution in [3.8, 4) is 17.0 Å². The molecule has 3 aromatic rings. The number of hydrogen-bond donors (Lipinski definition) is 0. The lowest BCUT2D eigenvalue weighted by molar-refractivity contribution is 0.0988. The molecule has 0 bridgehead atoms. The highest BCUT2D eigenvalue weighted by molar-refractivity contribution is 7.09. The molecule has 29 heavy (non-hydrogen) atoms. The molecule has 0 fully saturated rings. The van der Waals surface area contributed by atoms with E-state index in [0.717, 1.165) is 39.7 Å². The molecule has 0 aliphatic carbocycles. The van der Waals surface area contributed by atoms with E-state index in [-0.39, 0.29) is 5.91 Å². The standard InChI is InChI=1S/C23H24N2O3S/c1-4-28-13-19-12-18(6-8-22(19)27-3)23(26)25-10-9-17-11-16(5-7-21(17)25)20-14-29-15(2)24-20/h5-8,11-12,14H,4,9-10,13H2,1-3H3. The van der Waals surface area contributed by atoms with Gasteiger partial charge < -0.3 is 14.4 Å². The van der Waals surface area contributed by atoms with Crippen molar-refractivity contribution in [2.24, 2.45) is 0 Å². The van der Waals surface area contributed by atoms with Gasteiger partial charge >= 0.3 is 0 Å². The number of benzene rings is 2. The number of rotatable bonds is 6. The number of aryl methyl sites for hydroxylation is 1. The molecule has 0 atom stereocenters. The zero-order chi connectivity index (χ0) is 20.4. The number of fused-ring (bicyclic) bond motifs is 1. The van der Waals surface area contributed by atoms with E-state index in [9.17, 15) is 4.79 Å². The summed E-state index contributed by atoms with van der Waals surface area (Å²) in [5, 5.41) is 3.13. The van der Waals surface area contributed by atoms with E-state index in [4.69, 9.17) is 9.47 Å². The highest BCUT2D eigenvalue weighted by atomic mass is 32.1. The lowest BCUT2D eigenvalue weighted by Crippen LogP contribution is -2.29. The molecule has 2 aromatic carbocycles. The smallest absolute Gasteiger partial charge is 0.258 e. The van der Waals surface area contributed by atoms with Crippen molar-refractivity contribution in [2.75, 3.05) is 25.2 Å². The Labute approximate surface area is 174 Å². The quantitative estimate of drug-likeness (QED) is 0.584. The van der Waals surface area contributed by atoms with E-state index in [1.807, 2.05) is 49.1 Å². The Hall–Kier alpha value is -2.70. The van der Waals surface area contributed by atoms with Gasteiger partial charge in [0.15, 0.2) is 0 Å². The molecule has 1 amide bonds. The normalized spacial score (nSPS) is 12.9. The topological polar surface area (TPSA) is 51.7 Å². The Morgan fingerprint density at radius 2 is 2.10 bits per heavy atom. The molecule has 1 aliphatic rings. The van der Waals surface area contributed by atoms with Crippen LogP contribution < -0.4 is 9.64 Å². The molecule has 0 saturated heterocycles. The molecule has 0 unspecified atom stereocenters. The first kappa shape index (κ1) is 19.6. The number of amides is 1. The van der Waals surface area contributed by atoms with Gasteiger partial charge in [-0.2, -0.15) is 0 Å². The molecule has 0 N–H and O–H groups in total. The molecule has 0 radical (unpaired) electrons. The third-order valence-electron chi connectivity index (χ3n) is 5.12. The van der Waals surface area contributed by atoms with E-state index in [0.29, 0.717) is 25.3 Å². The van der Waals surface area contributed by atoms with E-state index in [1.165, 1.54) is 5.56 Å². The van der Waals surface area contributed by atoms with Gasteiger partial charge in [0.1, 0.15) is 5.75 Å². The summed E-state index contributed by atoms with van der Waals surface area (Å²) >= 11 is 1.65. The SMILES string of the molecule is CCOCc1cc(C(=O)N2CCc3cc(-c4csc(C)n4)ccc32)ccc1OC. The number of carbonyl (C=O) groups excluding carboxylic acids is 1. The first-order valence-corrected chi connectivity index (χ1v) is 10.6. The van der Waals surface area contributed by atoms with Crippen LogP contribution in [-0.4, -0.2) is 31.2 Å². The summed E-state index contributed by atoms with van der Waals surface area (Å²) in [6.45, 7) is 5.68. The van der Waals surface area contributed by atoms with Gasteiger partial charge in [-0.1, -0.05) is 6.07 Å².